The quantitative estimate of drug-likeness (QED) is 0.260. The van der Waals surface area contributed by atoms with Gasteiger partial charge < -0.3 is 14.2 Å². The van der Waals surface area contributed by atoms with E-state index >= 15 is 0 Å². The van der Waals surface area contributed by atoms with Gasteiger partial charge in [0.05, 0.1) is 11.8 Å². The largest absolute Gasteiger partial charge is 0.454 e. The van der Waals surface area contributed by atoms with Gasteiger partial charge in [-0.1, -0.05) is 23.2 Å². The predicted molar refractivity (Wildman–Crippen MR) is 115 cm³/mol. The summed E-state index contributed by atoms with van der Waals surface area (Å²) in [6, 6.07) is 15.8. The van der Waals surface area contributed by atoms with Crippen molar-refractivity contribution in [2.24, 2.45) is 5.10 Å². The zero-order chi connectivity index (χ0) is 21.8. The van der Waals surface area contributed by atoms with Crippen molar-refractivity contribution in [2.75, 3.05) is 6.79 Å². The Labute approximate surface area is 187 Å². The number of rotatable bonds is 5. The minimum absolute atomic E-state index is 0.105. The Morgan fingerprint density at radius 2 is 1.61 bits per heavy atom. The second kappa shape index (κ2) is 9.07. The Morgan fingerprint density at radius 3 is 2.42 bits per heavy atom. The van der Waals surface area contributed by atoms with Crippen LogP contribution in [0.1, 0.15) is 26.3 Å². The van der Waals surface area contributed by atoms with E-state index in [1.807, 2.05) is 0 Å². The second-order valence-electron chi connectivity index (χ2n) is 6.35. The van der Waals surface area contributed by atoms with Crippen LogP contribution in [0.3, 0.4) is 0 Å². The molecule has 7 nitrogen and oxygen atoms in total. The van der Waals surface area contributed by atoms with Gasteiger partial charge in [0.25, 0.3) is 5.91 Å². The van der Waals surface area contributed by atoms with E-state index in [0.29, 0.717) is 32.7 Å². The van der Waals surface area contributed by atoms with Crippen molar-refractivity contribution in [2.45, 2.75) is 0 Å². The molecule has 1 aliphatic heterocycles. The Kier molecular flexibility index (Phi) is 6.06. The lowest BCUT2D eigenvalue weighted by Crippen LogP contribution is -2.17. The van der Waals surface area contributed by atoms with Crippen molar-refractivity contribution in [1.29, 1.82) is 0 Å². The maximum absolute atomic E-state index is 12.6. The van der Waals surface area contributed by atoms with Crippen molar-refractivity contribution in [1.82, 2.24) is 5.43 Å². The van der Waals surface area contributed by atoms with Gasteiger partial charge in [0, 0.05) is 21.2 Å². The molecule has 1 aliphatic rings. The third-order valence-corrected chi connectivity index (χ3v) is 4.75. The molecule has 1 heterocycles. The van der Waals surface area contributed by atoms with Crippen molar-refractivity contribution in [3.8, 4) is 17.2 Å². The molecular formula is C22H14Cl2N2O5. The minimum Gasteiger partial charge on any atom is -0.454 e. The maximum Gasteiger partial charge on any atom is 0.343 e. The molecule has 0 aliphatic carbocycles. The summed E-state index contributed by atoms with van der Waals surface area (Å²) in [5.41, 5.74) is 3.48. The highest BCUT2D eigenvalue weighted by molar-refractivity contribution is 6.31. The van der Waals surface area contributed by atoms with Crippen LogP contribution in [0.4, 0.5) is 0 Å². The van der Waals surface area contributed by atoms with Gasteiger partial charge in [-0.25, -0.2) is 10.2 Å². The van der Waals surface area contributed by atoms with E-state index < -0.39 is 11.9 Å². The zero-order valence-electron chi connectivity index (χ0n) is 15.8. The molecule has 0 saturated carbocycles. The third kappa shape index (κ3) is 4.96. The number of hydrogen-bond acceptors (Lipinski definition) is 6. The van der Waals surface area contributed by atoms with Crippen LogP contribution in [0.2, 0.25) is 10.0 Å². The van der Waals surface area contributed by atoms with Crippen LogP contribution in [0, 0.1) is 0 Å². The topological polar surface area (TPSA) is 86.2 Å². The lowest BCUT2D eigenvalue weighted by molar-refractivity contribution is 0.0733. The number of hydrazone groups is 1. The predicted octanol–water partition coefficient (Wildman–Crippen LogP) is 4.71. The molecule has 3 aromatic carbocycles. The normalized spacial score (nSPS) is 12.1. The molecule has 1 amide bonds. The van der Waals surface area contributed by atoms with Crippen molar-refractivity contribution < 1.29 is 23.8 Å². The molecule has 0 aromatic heterocycles. The number of benzene rings is 3. The van der Waals surface area contributed by atoms with Gasteiger partial charge in [0.2, 0.25) is 6.79 Å². The number of carbonyl (C=O) groups excluding carboxylic acids is 2. The minimum atomic E-state index is -0.597. The van der Waals surface area contributed by atoms with Gasteiger partial charge in [-0.15, -0.1) is 0 Å². The van der Waals surface area contributed by atoms with E-state index in [9.17, 15) is 9.59 Å². The highest BCUT2D eigenvalue weighted by Crippen LogP contribution is 2.33. The summed E-state index contributed by atoms with van der Waals surface area (Å²) in [6.45, 7) is 0.105. The molecule has 9 heteroatoms. The van der Waals surface area contributed by atoms with E-state index in [2.05, 4.69) is 10.5 Å². The highest BCUT2D eigenvalue weighted by Gasteiger charge is 2.18. The van der Waals surface area contributed by atoms with E-state index in [0.717, 1.165) is 0 Å². The van der Waals surface area contributed by atoms with Crippen molar-refractivity contribution in [3.63, 3.8) is 0 Å². The second-order valence-corrected chi connectivity index (χ2v) is 7.22. The summed E-state index contributed by atoms with van der Waals surface area (Å²) in [4.78, 5) is 24.7. The SMILES string of the molecule is O=C(N/N=C/c1cc(Cl)ccc1OC(=O)c1ccc2c(c1)OCO2)c1ccc(Cl)cc1. The smallest absolute Gasteiger partial charge is 0.343 e. The molecule has 156 valence electrons. The molecular weight excluding hydrogens is 443 g/mol. The van der Waals surface area contributed by atoms with E-state index in [4.69, 9.17) is 37.4 Å². The van der Waals surface area contributed by atoms with Crippen LogP contribution in [0.25, 0.3) is 0 Å². The Morgan fingerprint density at radius 1 is 0.903 bits per heavy atom. The molecule has 0 radical (unpaired) electrons. The van der Waals surface area contributed by atoms with E-state index in [1.165, 1.54) is 12.3 Å². The fourth-order valence-electron chi connectivity index (χ4n) is 2.72. The van der Waals surface area contributed by atoms with E-state index in [1.54, 1.807) is 54.6 Å². The first-order chi connectivity index (χ1) is 15.0. The number of nitrogens with one attached hydrogen (secondary N) is 1. The Balaban J connectivity index is 1.48. The van der Waals surface area contributed by atoms with Crippen LogP contribution < -0.4 is 19.6 Å². The first-order valence-electron chi connectivity index (χ1n) is 9.00. The summed E-state index contributed by atoms with van der Waals surface area (Å²) in [7, 11) is 0. The monoisotopic (exact) mass is 456 g/mol. The van der Waals surface area contributed by atoms with Crippen LogP contribution in [-0.2, 0) is 0 Å². The number of esters is 1. The fraction of sp³-hybridized carbons (Fsp3) is 0.0455. The average molecular weight is 457 g/mol. The summed E-state index contributed by atoms with van der Waals surface area (Å²) >= 11 is 11.9. The summed E-state index contributed by atoms with van der Waals surface area (Å²) in [6.07, 6.45) is 1.34. The molecule has 0 spiro atoms. The average Bonchev–Trinajstić information content (AvgIpc) is 3.24. The van der Waals surface area contributed by atoms with Crippen molar-refractivity contribution >= 4 is 41.3 Å². The molecule has 0 saturated heterocycles. The first-order valence-corrected chi connectivity index (χ1v) is 9.75. The van der Waals surface area contributed by atoms with Gasteiger partial charge in [-0.2, -0.15) is 5.10 Å². The third-order valence-electron chi connectivity index (χ3n) is 4.26. The fourth-order valence-corrected chi connectivity index (χ4v) is 3.03. The van der Waals surface area contributed by atoms with Crippen LogP contribution in [0.5, 0.6) is 17.2 Å². The molecule has 0 bridgehead atoms. The molecule has 4 rings (SSSR count). The van der Waals surface area contributed by atoms with Crippen LogP contribution in [0.15, 0.2) is 65.8 Å². The summed E-state index contributed by atoms with van der Waals surface area (Å²) < 4.78 is 16.0. The first kappa shape index (κ1) is 20.7. The van der Waals surface area contributed by atoms with Crippen LogP contribution in [-0.4, -0.2) is 24.9 Å². The lowest BCUT2D eigenvalue weighted by Gasteiger charge is -2.08. The van der Waals surface area contributed by atoms with Gasteiger partial charge in [-0.3, -0.25) is 4.79 Å². The van der Waals surface area contributed by atoms with Gasteiger partial charge >= 0.3 is 5.97 Å². The van der Waals surface area contributed by atoms with Crippen LogP contribution >= 0.6 is 23.2 Å². The summed E-state index contributed by atoms with van der Waals surface area (Å²) in [5, 5.41) is 4.86. The van der Waals surface area contributed by atoms with Gasteiger partial charge in [0.1, 0.15) is 5.75 Å². The number of hydrogen-bond donors (Lipinski definition) is 1. The number of carbonyl (C=O) groups is 2. The number of fused-ring (bicyclic) bond motifs is 1. The standard InChI is InChI=1S/C22H14Cl2N2O5/c23-16-4-1-13(2-5-16)21(27)26-25-11-15-9-17(24)6-8-18(15)31-22(28)14-3-7-19-20(10-14)30-12-29-19/h1-11H,12H2,(H,26,27)/b25-11+. The maximum atomic E-state index is 12.6. The molecule has 0 fully saturated rings. The number of ether oxygens (including phenoxy) is 3. The Hall–Kier alpha value is -3.55. The molecule has 1 N–H and O–H groups in total. The van der Waals surface area contributed by atoms with Gasteiger partial charge in [-0.05, 0) is 60.7 Å². The Bertz CT molecular complexity index is 1180. The zero-order valence-corrected chi connectivity index (χ0v) is 17.3. The van der Waals surface area contributed by atoms with E-state index in [-0.39, 0.29) is 18.1 Å². The number of nitrogens with zero attached hydrogens (tertiary/aromatic N) is 1. The van der Waals surface area contributed by atoms with Gasteiger partial charge in [0.15, 0.2) is 11.5 Å². The molecule has 0 atom stereocenters. The lowest BCUT2D eigenvalue weighted by atomic mass is 10.2. The number of halogens is 2. The summed E-state index contributed by atoms with van der Waals surface area (Å²) in [5.74, 6) is 0.232. The molecule has 31 heavy (non-hydrogen) atoms. The molecule has 0 unspecified atom stereocenters. The molecule has 3 aromatic rings. The number of amides is 1. The van der Waals surface area contributed by atoms with Crippen molar-refractivity contribution in [3.05, 3.63) is 87.4 Å². The highest BCUT2D eigenvalue weighted by atomic mass is 35.5.